The molecule has 2 aromatic rings. The lowest BCUT2D eigenvalue weighted by Gasteiger charge is -2.09. The second kappa shape index (κ2) is 6.42. The standard InChI is InChI=1S/C13H12ClF3N6O/c1-22(2)4-3-9(10(18)24)19-12-21-20-11-8(14)5-7(6-23(11)12)13(15,16)17/h4-6H,1-2H3,(H2,18,24)(H,19,21). The second-order valence-corrected chi connectivity index (χ2v) is 5.30. The fourth-order valence-corrected chi connectivity index (χ4v) is 1.91. The van der Waals surface area contributed by atoms with Gasteiger partial charge >= 0.3 is 6.18 Å². The molecule has 128 valence electrons. The molecular formula is C13H12ClF3N6O. The van der Waals surface area contributed by atoms with Crippen LogP contribution in [0.1, 0.15) is 5.56 Å². The Morgan fingerprint density at radius 2 is 2.12 bits per heavy atom. The smallest absolute Gasteiger partial charge is 0.377 e. The minimum atomic E-state index is -4.60. The van der Waals surface area contributed by atoms with Crippen molar-refractivity contribution in [2.75, 3.05) is 19.4 Å². The van der Waals surface area contributed by atoms with Crippen LogP contribution in [0.5, 0.6) is 0 Å². The van der Waals surface area contributed by atoms with E-state index >= 15 is 0 Å². The first-order valence-corrected chi connectivity index (χ1v) is 6.79. The molecule has 0 saturated heterocycles. The zero-order chi connectivity index (χ0) is 18.1. The lowest BCUT2D eigenvalue weighted by molar-refractivity contribution is -0.137. The SMILES string of the molecule is CN(C)C=C=C(Nc1nnc2c(Cl)cc(C(F)(F)F)cn12)C(N)=O. The molecule has 0 unspecified atom stereocenters. The van der Waals surface area contributed by atoms with Gasteiger partial charge in [-0.25, -0.2) is 0 Å². The van der Waals surface area contributed by atoms with Crippen LogP contribution in [0.25, 0.3) is 5.65 Å². The molecule has 0 fully saturated rings. The largest absolute Gasteiger partial charge is 0.417 e. The average Bonchev–Trinajstić information content (AvgIpc) is 2.85. The number of alkyl halides is 3. The van der Waals surface area contributed by atoms with Gasteiger partial charge in [0.05, 0.1) is 10.6 Å². The molecule has 24 heavy (non-hydrogen) atoms. The highest BCUT2D eigenvalue weighted by Crippen LogP contribution is 2.32. The monoisotopic (exact) mass is 360 g/mol. The summed E-state index contributed by atoms with van der Waals surface area (Å²) in [6.45, 7) is 0. The molecule has 2 rings (SSSR count). The predicted octanol–water partition coefficient (Wildman–Crippen LogP) is 1.86. The number of carbonyl (C=O) groups excluding carboxylic acids is 1. The van der Waals surface area contributed by atoms with Gasteiger partial charge in [0.2, 0.25) is 5.95 Å². The number of pyridine rings is 1. The van der Waals surface area contributed by atoms with E-state index in [4.69, 9.17) is 17.3 Å². The average molecular weight is 361 g/mol. The highest BCUT2D eigenvalue weighted by atomic mass is 35.5. The van der Waals surface area contributed by atoms with Crippen LogP contribution in [-0.2, 0) is 11.0 Å². The maximum Gasteiger partial charge on any atom is 0.417 e. The van der Waals surface area contributed by atoms with Crippen molar-refractivity contribution in [3.05, 3.63) is 40.5 Å². The number of fused-ring (bicyclic) bond motifs is 1. The maximum atomic E-state index is 12.9. The number of carbonyl (C=O) groups is 1. The normalized spacial score (nSPS) is 11.1. The first kappa shape index (κ1) is 17.6. The van der Waals surface area contributed by atoms with Crippen molar-refractivity contribution in [3.63, 3.8) is 0 Å². The second-order valence-electron chi connectivity index (χ2n) is 4.89. The zero-order valence-corrected chi connectivity index (χ0v) is 13.3. The number of nitrogens with two attached hydrogens (primary N) is 1. The van der Waals surface area contributed by atoms with Crippen LogP contribution in [0.3, 0.4) is 0 Å². The number of hydrogen-bond acceptors (Lipinski definition) is 5. The summed E-state index contributed by atoms with van der Waals surface area (Å²) in [5.74, 6) is -1.03. The number of hydrogen-bond donors (Lipinski definition) is 2. The molecule has 0 aliphatic carbocycles. The van der Waals surface area contributed by atoms with E-state index < -0.39 is 17.6 Å². The summed E-state index contributed by atoms with van der Waals surface area (Å²) in [5.41, 5.74) is 6.59. The molecule has 0 spiro atoms. The predicted molar refractivity (Wildman–Crippen MR) is 81.1 cm³/mol. The topological polar surface area (TPSA) is 88.5 Å². The van der Waals surface area contributed by atoms with E-state index in [-0.39, 0.29) is 22.3 Å². The van der Waals surface area contributed by atoms with Gasteiger partial charge < -0.3 is 16.0 Å². The van der Waals surface area contributed by atoms with E-state index in [1.54, 1.807) is 19.0 Å². The minimum Gasteiger partial charge on any atom is -0.377 e. The highest BCUT2D eigenvalue weighted by molar-refractivity contribution is 6.33. The molecule has 0 bridgehead atoms. The Labute approximate surface area is 139 Å². The van der Waals surface area contributed by atoms with E-state index in [0.29, 0.717) is 0 Å². The summed E-state index contributed by atoms with van der Waals surface area (Å²) < 4.78 is 39.7. The molecule has 2 aromatic heterocycles. The Balaban J connectivity index is 2.55. The molecular weight excluding hydrogens is 349 g/mol. The Morgan fingerprint density at radius 1 is 1.46 bits per heavy atom. The van der Waals surface area contributed by atoms with E-state index in [1.165, 1.54) is 6.20 Å². The molecule has 0 aromatic carbocycles. The summed E-state index contributed by atoms with van der Waals surface area (Å²) in [4.78, 5) is 13.0. The summed E-state index contributed by atoms with van der Waals surface area (Å²) in [6.07, 6.45) is -2.44. The van der Waals surface area contributed by atoms with Gasteiger partial charge in [-0.05, 0) is 6.07 Å². The van der Waals surface area contributed by atoms with Gasteiger partial charge in [0.25, 0.3) is 5.91 Å². The number of rotatable bonds is 4. The fourth-order valence-electron chi connectivity index (χ4n) is 1.67. The van der Waals surface area contributed by atoms with Crippen molar-refractivity contribution < 1.29 is 18.0 Å². The van der Waals surface area contributed by atoms with Gasteiger partial charge in [0.1, 0.15) is 0 Å². The van der Waals surface area contributed by atoms with Crippen molar-refractivity contribution in [2.24, 2.45) is 5.73 Å². The third kappa shape index (κ3) is 3.79. The Hall–Kier alpha value is -2.71. The first-order chi connectivity index (χ1) is 11.1. The van der Waals surface area contributed by atoms with Gasteiger partial charge in [-0.1, -0.05) is 17.3 Å². The number of aromatic nitrogens is 3. The molecule has 0 radical (unpaired) electrons. The number of amides is 1. The number of primary amides is 1. The zero-order valence-electron chi connectivity index (χ0n) is 12.5. The Kier molecular flexibility index (Phi) is 4.72. The molecule has 0 saturated carbocycles. The molecule has 0 aliphatic heterocycles. The van der Waals surface area contributed by atoms with Gasteiger partial charge in [-0.15, -0.1) is 10.2 Å². The lowest BCUT2D eigenvalue weighted by atomic mass is 10.3. The van der Waals surface area contributed by atoms with Crippen LogP contribution in [0.2, 0.25) is 5.02 Å². The van der Waals surface area contributed by atoms with Crippen molar-refractivity contribution in [2.45, 2.75) is 6.18 Å². The van der Waals surface area contributed by atoms with Crippen molar-refractivity contribution in [1.82, 2.24) is 19.5 Å². The molecule has 3 N–H and O–H groups in total. The summed E-state index contributed by atoms with van der Waals surface area (Å²) in [5, 5.41) is 9.63. The minimum absolute atomic E-state index is 0.00687. The number of halogens is 4. The lowest BCUT2D eigenvalue weighted by Crippen LogP contribution is -2.20. The van der Waals surface area contributed by atoms with E-state index in [0.717, 1.165) is 16.7 Å². The third-order valence-corrected chi connectivity index (χ3v) is 3.02. The third-order valence-electron chi connectivity index (χ3n) is 2.74. The number of nitrogens with one attached hydrogen (secondary N) is 1. The van der Waals surface area contributed by atoms with Gasteiger partial charge in [0, 0.05) is 26.5 Å². The quantitative estimate of drug-likeness (QED) is 0.641. The van der Waals surface area contributed by atoms with E-state index in [9.17, 15) is 18.0 Å². The Bertz CT molecular complexity index is 851. The summed E-state index contributed by atoms with van der Waals surface area (Å²) >= 11 is 5.81. The Morgan fingerprint density at radius 3 is 2.67 bits per heavy atom. The fraction of sp³-hybridized carbons (Fsp3) is 0.231. The molecule has 1 amide bonds. The highest BCUT2D eigenvalue weighted by Gasteiger charge is 2.32. The number of nitrogens with zero attached hydrogens (tertiary/aromatic N) is 4. The van der Waals surface area contributed by atoms with Crippen LogP contribution in [0.15, 0.2) is 29.9 Å². The van der Waals surface area contributed by atoms with Crippen LogP contribution in [-0.4, -0.2) is 39.5 Å². The van der Waals surface area contributed by atoms with Crippen molar-refractivity contribution in [1.29, 1.82) is 0 Å². The van der Waals surface area contributed by atoms with Crippen molar-refractivity contribution in [3.8, 4) is 0 Å². The van der Waals surface area contributed by atoms with Gasteiger partial charge in [-0.2, -0.15) is 13.2 Å². The van der Waals surface area contributed by atoms with Crippen molar-refractivity contribution >= 4 is 29.1 Å². The van der Waals surface area contributed by atoms with Gasteiger partial charge in [-0.3, -0.25) is 9.20 Å². The van der Waals surface area contributed by atoms with E-state index in [2.05, 4.69) is 21.2 Å². The van der Waals surface area contributed by atoms with E-state index in [1.807, 2.05) is 0 Å². The molecule has 7 nitrogen and oxygen atoms in total. The molecule has 2 heterocycles. The molecule has 0 aliphatic rings. The maximum absolute atomic E-state index is 12.9. The van der Waals surface area contributed by atoms with Crippen LogP contribution < -0.4 is 11.1 Å². The molecule has 11 heteroatoms. The summed E-state index contributed by atoms with van der Waals surface area (Å²) in [7, 11) is 3.38. The van der Waals surface area contributed by atoms with Crippen LogP contribution in [0.4, 0.5) is 19.1 Å². The first-order valence-electron chi connectivity index (χ1n) is 6.41. The van der Waals surface area contributed by atoms with Gasteiger partial charge in [0.15, 0.2) is 11.3 Å². The van der Waals surface area contributed by atoms with Crippen LogP contribution in [0, 0.1) is 0 Å². The van der Waals surface area contributed by atoms with Crippen LogP contribution >= 0.6 is 11.6 Å². The molecule has 0 atom stereocenters. The number of anilines is 1. The summed E-state index contributed by atoms with van der Waals surface area (Å²) in [6, 6.07) is 0.742.